The third-order valence-electron chi connectivity index (χ3n) is 4.43. The van der Waals surface area contributed by atoms with Crippen molar-refractivity contribution < 1.29 is 18.8 Å². The van der Waals surface area contributed by atoms with Gasteiger partial charge in [0.1, 0.15) is 5.69 Å². The van der Waals surface area contributed by atoms with Crippen molar-refractivity contribution in [1.29, 1.82) is 0 Å². The average molecular weight is 366 g/mol. The van der Waals surface area contributed by atoms with E-state index in [1.807, 2.05) is 44.2 Å². The van der Waals surface area contributed by atoms with Crippen LogP contribution in [0.5, 0.6) is 11.5 Å². The quantitative estimate of drug-likeness (QED) is 0.716. The lowest BCUT2D eigenvalue weighted by Crippen LogP contribution is -2.23. The molecular weight excluding hydrogens is 344 g/mol. The lowest BCUT2D eigenvalue weighted by molar-refractivity contribution is 0.0950. The van der Waals surface area contributed by atoms with Crippen LogP contribution in [0.1, 0.15) is 27.2 Å². The highest BCUT2D eigenvalue weighted by atomic mass is 16.5. The minimum atomic E-state index is -0.145. The van der Waals surface area contributed by atoms with Crippen LogP contribution in [0.15, 0.2) is 47.0 Å². The standard InChI is InChI=1S/C21H22N2O4/c1-13-5-6-16(9-14(13)2)21(24)22-12-17-11-19(27-23-17)15-7-8-18(25-3)20(10-15)26-4/h5-11H,12H2,1-4H3,(H,22,24). The summed E-state index contributed by atoms with van der Waals surface area (Å²) in [6.07, 6.45) is 0. The van der Waals surface area contributed by atoms with Gasteiger partial charge in [-0.2, -0.15) is 0 Å². The average Bonchev–Trinajstić information content (AvgIpc) is 3.16. The Balaban J connectivity index is 1.69. The van der Waals surface area contributed by atoms with Gasteiger partial charge in [0, 0.05) is 17.2 Å². The molecule has 0 bridgehead atoms. The van der Waals surface area contributed by atoms with Crippen LogP contribution in [-0.2, 0) is 6.54 Å². The summed E-state index contributed by atoms with van der Waals surface area (Å²) in [6, 6.07) is 12.9. The van der Waals surface area contributed by atoms with E-state index in [0.29, 0.717) is 28.5 Å². The van der Waals surface area contributed by atoms with Crippen LogP contribution in [0.25, 0.3) is 11.3 Å². The van der Waals surface area contributed by atoms with Crippen LogP contribution in [0.4, 0.5) is 0 Å². The second-order valence-electron chi connectivity index (χ2n) is 6.23. The lowest BCUT2D eigenvalue weighted by Gasteiger charge is -2.07. The van der Waals surface area contributed by atoms with Crippen LogP contribution in [0.2, 0.25) is 0 Å². The summed E-state index contributed by atoms with van der Waals surface area (Å²) >= 11 is 0. The summed E-state index contributed by atoms with van der Waals surface area (Å²) in [6.45, 7) is 4.28. The number of methoxy groups -OCH3 is 2. The molecule has 0 atom stereocenters. The van der Waals surface area contributed by atoms with E-state index in [1.165, 1.54) is 0 Å². The fraction of sp³-hybridized carbons (Fsp3) is 0.238. The number of amides is 1. The molecule has 6 heteroatoms. The van der Waals surface area contributed by atoms with Crippen LogP contribution in [0, 0.1) is 13.8 Å². The molecule has 3 rings (SSSR count). The van der Waals surface area contributed by atoms with E-state index in [9.17, 15) is 4.79 Å². The first-order valence-corrected chi connectivity index (χ1v) is 8.55. The van der Waals surface area contributed by atoms with Crippen molar-refractivity contribution in [2.45, 2.75) is 20.4 Å². The van der Waals surface area contributed by atoms with Gasteiger partial charge in [-0.1, -0.05) is 11.2 Å². The molecule has 0 spiro atoms. The summed E-state index contributed by atoms with van der Waals surface area (Å²) < 4.78 is 15.9. The number of nitrogens with one attached hydrogen (secondary N) is 1. The molecule has 0 aliphatic heterocycles. The number of hydrogen-bond donors (Lipinski definition) is 1. The molecule has 140 valence electrons. The van der Waals surface area contributed by atoms with E-state index < -0.39 is 0 Å². The van der Waals surface area contributed by atoms with Crippen molar-refractivity contribution in [3.63, 3.8) is 0 Å². The van der Waals surface area contributed by atoms with Crippen molar-refractivity contribution in [2.24, 2.45) is 0 Å². The number of carbonyl (C=O) groups excluding carboxylic acids is 1. The molecular formula is C21H22N2O4. The number of carbonyl (C=O) groups is 1. The molecule has 1 amide bonds. The van der Waals surface area contributed by atoms with Gasteiger partial charge in [0.05, 0.1) is 20.8 Å². The van der Waals surface area contributed by atoms with Gasteiger partial charge in [-0.15, -0.1) is 0 Å². The molecule has 1 N–H and O–H groups in total. The van der Waals surface area contributed by atoms with Gasteiger partial charge >= 0.3 is 0 Å². The number of benzene rings is 2. The molecule has 0 unspecified atom stereocenters. The van der Waals surface area contributed by atoms with Gasteiger partial charge in [0.2, 0.25) is 0 Å². The molecule has 0 aliphatic carbocycles. The topological polar surface area (TPSA) is 73.6 Å². The van der Waals surface area contributed by atoms with E-state index >= 15 is 0 Å². The van der Waals surface area contributed by atoms with Crippen molar-refractivity contribution in [3.8, 4) is 22.8 Å². The Morgan fingerprint density at radius 1 is 1.00 bits per heavy atom. The third-order valence-corrected chi connectivity index (χ3v) is 4.43. The van der Waals surface area contributed by atoms with Gasteiger partial charge < -0.3 is 19.3 Å². The molecule has 0 radical (unpaired) electrons. The van der Waals surface area contributed by atoms with Crippen molar-refractivity contribution in [2.75, 3.05) is 14.2 Å². The monoisotopic (exact) mass is 366 g/mol. The predicted octanol–water partition coefficient (Wildman–Crippen LogP) is 3.91. The highest BCUT2D eigenvalue weighted by Gasteiger charge is 2.12. The summed E-state index contributed by atoms with van der Waals surface area (Å²) in [5.74, 6) is 1.69. The van der Waals surface area contributed by atoms with Crippen LogP contribution in [0.3, 0.4) is 0 Å². The maximum Gasteiger partial charge on any atom is 0.251 e. The van der Waals surface area contributed by atoms with Crippen molar-refractivity contribution >= 4 is 5.91 Å². The molecule has 0 aliphatic rings. The van der Waals surface area contributed by atoms with E-state index in [-0.39, 0.29) is 12.5 Å². The Labute approximate surface area is 158 Å². The van der Waals surface area contributed by atoms with E-state index in [2.05, 4.69) is 10.5 Å². The first-order valence-electron chi connectivity index (χ1n) is 8.55. The minimum absolute atomic E-state index is 0.145. The lowest BCUT2D eigenvalue weighted by atomic mass is 10.1. The Morgan fingerprint density at radius 3 is 2.48 bits per heavy atom. The zero-order valence-corrected chi connectivity index (χ0v) is 15.8. The Morgan fingerprint density at radius 2 is 1.78 bits per heavy atom. The summed E-state index contributed by atoms with van der Waals surface area (Å²) in [5, 5.41) is 6.89. The molecule has 0 fully saturated rings. The van der Waals surface area contributed by atoms with Crippen molar-refractivity contribution in [1.82, 2.24) is 10.5 Å². The van der Waals surface area contributed by atoms with E-state index in [0.717, 1.165) is 16.7 Å². The molecule has 0 saturated carbocycles. The number of hydrogen-bond acceptors (Lipinski definition) is 5. The zero-order chi connectivity index (χ0) is 19.4. The van der Waals surface area contributed by atoms with Crippen LogP contribution >= 0.6 is 0 Å². The van der Waals surface area contributed by atoms with E-state index in [1.54, 1.807) is 26.4 Å². The Hall–Kier alpha value is -3.28. The summed E-state index contributed by atoms with van der Waals surface area (Å²) in [7, 11) is 3.16. The first kappa shape index (κ1) is 18.5. The normalized spacial score (nSPS) is 10.5. The smallest absolute Gasteiger partial charge is 0.251 e. The minimum Gasteiger partial charge on any atom is -0.493 e. The zero-order valence-electron chi connectivity index (χ0n) is 15.8. The van der Waals surface area contributed by atoms with Crippen LogP contribution < -0.4 is 14.8 Å². The van der Waals surface area contributed by atoms with Gasteiger partial charge in [-0.05, 0) is 55.3 Å². The fourth-order valence-electron chi connectivity index (χ4n) is 2.68. The largest absolute Gasteiger partial charge is 0.493 e. The maximum atomic E-state index is 12.3. The molecule has 27 heavy (non-hydrogen) atoms. The molecule has 6 nitrogen and oxygen atoms in total. The second-order valence-corrected chi connectivity index (χ2v) is 6.23. The van der Waals surface area contributed by atoms with Crippen LogP contribution in [-0.4, -0.2) is 25.3 Å². The molecule has 1 aromatic heterocycles. The van der Waals surface area contributed by atoms with Gasteiger partial charge in [0.25, 0.3) is 5.91 Å². The van der Waals surface area contributed by atoms with Gasteiger partial charge in [-0.3, -0.25) is 4.79 Å². The number of aryl methyl sites for hydroxylation is 2. The summed E-state index contributed by atoms with van der Waals surface area (Å²) in [5.41, 5.74) is 4.31. The van der Waals surface area contributed by atoms with Gasteiger partial charge in [-0.25, -0.2) is 0 Å². The fourth-order valence-corrected chi connectivity index (χ4v) is 2.68. The maximum absolute atomic E-state index is 12.3. The molecule has 2 aromatic carbocycles. The Bertz CT molecular complexity index is 963. The number of nitrogens with zero attached hydrogens (tertiary/aromatic N) is 1. The molecule has 3 aromatic rings. The number of rotatable bonds is 6. The SMILES string of the molecule is COc1ccc(-c2cc(CNC(=O)c3ccc(C)c(C)c3)no2)cc1OC. The first-order chi connectivity index (χ1) is 13.0. The van der Waals surface area contributed by atoms with Gasteiger partial charge in [0.15, 0.2) is 17.3 Å². The molecule has 1 heterocycles. The van der Waals surface area contributed by atoms with Crippen molar-refractivity contribution in [3.05, 3.63) is 64.8 Å². The predicted molar refractivity (Wildman–Crippen MR) is 102 cm³/mol. The second kappa shape index (κ2) is 7.95. The number of ether oxygens (including phenoxy) is 2. The molecule has 0 saturated heterocycles. The highest BCUT2D eigenvalue weighted by Crippen LogP contribution is 2.32. The van der Waals surface area contributed by atoms with E-state index in [4.69, 9.17) is 14.0 Å². The summed E-state index contributed by atoms with van der Waals surface area (Å²) in [4.78, 5) is 12.3. The third kappa shape index (κ3) is 4.11. The number of aromatic nitrogens is 1. The highest BCUT2D eigenvalue weighted by molar-refractivity contribution is 5.94. The Kier molecular flexibility index (Phi) is 5.45.